The molecule has 0 saturated carbocycles. The van der Waals surface area contributed by atoms with Gasteiger partial charge < -0.3 is 20.1 Å². The summed E-state index contributed by atoms with van der Waals surface area (Å²) in [4.78, 5) is 2.43. The summed E-state index contributed by atoms with van der Waals surface area (Å²) in [7, 11) is 0. The minimum Gasteiger partial charge on any atom is -0.390 e. The molecular weight excluding hydrogens is 178 g/mol. The van der Waals surface area contributed by atoms with Gasteiger partial charge in [-0.05, 0) is 12.5 Å². The minimum absolute atomic E-state index is 0.685. The summed E-state index contributed by atoms with van der Waals surface area (Å²) in [6.07, 6.45) is -4.51. The van der Waals surface area contributed by atoms with Gasteiger partial charge >= 0.3 is 0 Å². The summed E-state index contributed by atoms with van der Waals surface area (Å²) in [5.41, 5.74) is 8.11. The first kappa shape index (κ1) is 10.2. The summed E-state index contributed by atoms with van der Waals surface area (Å²) in [6.45, 7) is 1.50. The van der Waals surface area contributed by atoms with Crippen molar-refractivity contribution in [2.24, 2.45) is 5.11 Å². The van der Waals surface area contributed by atoms with Crippen LogP contribution in [0, 0.1) is 0 Å². The van der Waals surface area contributed by atoms with Crippen LogP contribution in [0.15, 0.2) is 5.11 Å². The molecule has 1 aliphatic rings. The van der Waals surface area contributed by atoms with E-state index in [2.05, 4.69) is 10.0 Å². The molecule has 0 aliphatic carbocycles. The molecule has 0 aromatic heterocycles. The standard InChI is InChI=1S/C6H11N3O4/c1-2-4(10)5(11)3(8-9-7)6(12)13-2/h2-6,10-12H,1H3/t2-,3+,4-,5-,6-/m0/s1. The van der Waals surface area contributed by atoms with Crippen LogP contribution in [0.4, 0.5) is 0 Å². The molecule has 0 bridgehead atoms. The van der Waals surface area contributed by atoms with E-state index in [-0.39, 0.29) is 0 Å². The highest BCUT2D eigenvalue weighted by molar-refractivity contribution is 4.91. The van der Waals surface area contributed by atoms with Gasteiger partial charge in [-0.15, -0.1) is 0 Å². The highest BCUT2D eigenvalue weighted by Gasteiger charge is 2.41. The van der Waals surface area contributed by atoms with Gasteiger partial charge in [0.25, 0.3) is 0 Å². The second-order valence-corrected chi connectivity index (χ2v) is 2.91. The number of hydrogen-bond donors (Lipinski definition) is 3. The van der Waals surface area contributed by atoms with Gasteiger partial charge in [0.05, 0.1) is 12.2 Å². The van der Waals surface area contributed by atoms with Crippen molar-refractivity contribution in [2.75, 3.05) is 0 Å². The van der Waals surface area contributed by atoms with Gasteiger partial charge in [-0.3, -0.25) is 0 Å². The summed E-state index contributed by atoms with van der Waals surface area (Å²) in [5, 5.41) is 31.0. The molecule has 0 radical (unpaired) electrons. The third kappa shape index (κ3) is 1.90. The normalized spacial score (nSPS) is 45.4. The van der Waals surface area contributed by atoms with Gasteiger partial charge in [0.1, 0.15) is 12.1 Å². The summed E-state index contributed by atoms with van der Waals surface area (Å²) in [5.74, 6) is 0. The van der Waals surface area contributed by atoms with Crippen molar-refractivity contribution in [3.63, 3.8) is 0 Å². The molecule has 1 rings (SSSR count). The summed E-state index contributed by atoms with van der Waals surface area (Å²) < 4.78 is 4.81. The van der Waals surface area contributed by atoms with Gasteiger partial charge in [0, 0.05) is 4.91 Å². The lowest BCUT2D eigenvalue weighted by Gasteiger charge is -2.37. The average Bonchev–Trinajstić information content (AvgIpc) is 2.09. The number of azide groups is 1. The number of ether oxygens (including phenoxy) is 1. The smallest absolute Gasteiger partial charge is 0.166 e. The predicted octanol–water partition coefficient (Wildman–Crippen LogP) is -0.876. The zero-order valence-corrected chi connectivity index (χ0v) is 6.98. The second-order valence-electron chi connectivity index (χ2n) is 2.91. The largest absolute Gasteiger partial charge is 0.390 e. The topological polar surface area (TPSA) is 119 Å². The van der Waals surface area contributed by atoms with Crippen molar-refractivity contribution in [3.05, 3.63) is 10.4 Å². The highest BCUT2D eigenvalue weighted by atomic mass is 16.6. The van der Waals surface area contributed by atoms with E-state index in [0.717, 1.165) is 0 Å². The number of rotatable bonds is 1. The Morgan fingerprint density at radius 2 is 1.92 bits per heavy atom. The molecule has 74 valence electrons. The van der Waals surface area contributed by atoms with E-state index in [1.165, 1.54) is 6.92 Å². The zero-order valence-electron chi connectivity index (χ0n) is 6.98. The van der Waals surface area contributed by atoms with E-state index in [1.807, 2.05) is 0 Å². The minimum atomic E-state index is -1.37. The predicted molar refractivity (Wildman–Crippen MR) is 41.5 cm³/mol. The molecule has 13 heavy (non-hydrogen) atoms. The monoisotopic (exact) mass is 189 g/mol. The van der Waals surface area contributed by atoms with Crippen LogP contribution in [0.3, 0.4) is 0 Å². The Bertz CT molecular complexity index is 230. The number of aliphatic hydroxyl groups excluding tert-OH is 3. The molecule has 7 nitrogen and oxygen atoms in total. The van der Waals surface area contributed by atoms with Crippen LogP contribution in [0.2, 0.25) is 0 Å². The lowest BCUT2D eigenvalue weighted by molar-refractivity contribution is -0.236. The van der Waals surface area contributed by atoms with E-state index in [9.17, 15) is 15.3 Å². The van der Waals surface area contributed by atoms with E-state index in [1.54, 1.807) is 0 Å². The van der Waals surface area contributed by atoms with Crippen molar-refractivity contribution in [3.8, 4) is 0 Å². The van der Waals surface area contributed by atoms with Gasteiger partial charge in [0.15, 0.2) is 6.29 Å². The van der Waals surface area contributed by atoms with Crippen molar-refractivity contribution >= 4 is 0 Å². The van der Waals surface area contributed by atoms with Crippen LogP contribution in [0.1, 0.15) is 6.92 Å². The first-order chi connectivity index (χ1) is 6.07. The van der Waals surface area contributed by atoms with Crippen LogP contribution in [-0.2, 0) is 4.74 Å². The molecule has 1 saturated heterocycles. The van der Waals surface area contributed by atoms with Gasteiger partial charge in [-0.25, -0.2) is 0 Å². The third-order valence-electron chi connectivity index (χ3n) is 2.01. The molecule has 0 spiro atoms. The summed E-state index contributed by atoms with van der Waals surface area (Å²) in [6, 6.07) is -1.16. The maximum atomic E-state index is 9.35. The summed E-state index contributed by atoms with van der Waals surface area (Å²) >= 11 is 0. The first-order valence-electron chi connectivity index (χ1n) is 3.81. The molecule has 0 aromatic carbocycles. The van der Waals surface area contributed by atoms with Gasteiger partial charge in [-0.2, -0.15) is 0 Å². The Morgan fingerprint density at radius 1 is 1.31 bits per heavy atom. The van der Waals surface area contributed by atoms with Crippen LogP contribution in [0.25, 0.3) is 10.4 Å². The lowest BCUT2D eigenvalue weighted by Crippen LogP contribution is -2.55. The van der Waals surface area contributed by atoms with Crippen LogP contribution >= 0.6 is 0 Å². The fourth-order valence-corrected chi connectivity index (χ4v) is 1.21. The Kier molecular flexibility index (Phi) is 3.07. The van der Waals surface area contributed by atoms with Gasteiger partial charge in [-0.1, -0.05) is 5.11 Å². The molecular formula is C6H11N3O4. The Hall–Kier alpha value is -0.850. The maximum absolute atomic E-state index is 9.35. The van der Waals surface area contributed by atoms with E-state index in [0.29, 0.717) is 0 Å². The molecule has 7 heteroatoms. The molecule has 1 aliphatic heterocycles. The lowest BCUT2D eigenvalue weighted by atomic mass is 9.98. The Labute approximate surface area is 74.2 Å². The molecule has 1 fully saturated rings. The van der Waals surface area contributed by atoms with E-state index < -0.39 is 30.6 Å². The molecule has 0 aromatic rings. The maximum Gasteiger partial charge on any atom is 0.166 e. The van der Waals surface area contributed by atoms with Crippen LogP contribution < -0.4 is 0 Å². The van der Waals surface area contributed by atoms with Crippen molar-refractivity contribution in [1.82, 2.24) is 0 Å². The molecule has 1 heterocycles. The van der Waals surface area contributed by atoms with Crippen molar-refractivity contribution in [2.45, 2.75) is 37.6 Å². The number of nitrogens with zero attached hydrogens (tertiary/aromatic N) is 3. The highest BCUT2D eigenvalue weighted by Crippen LogP contribution is 2.21. The molecule has 5 atom stereocenters. The molecule has 0 unspecified atom stereocenters. The fraction of sp³-hybridized carbons (Fsp3) is 1.00. The second kappa shape index (κ2) is 3.91. The van der Waals surface area contributed by atoms with Crippen molar-refractivity contribution < 1.29 is 20.1 Å². The Balaban J connectivity index is 2.78. The molecule has 0 amide bonds. The van der Waals surface area contributed by atoms with E-state index >= 15 is 0 Å². The quantitative estimate of drug-likeness (QED) is 0.282. The van der Waals surface area contributed by atoms with Crippen LogP contribution in [0.5, 0.6) is 0 Å². The average molecular weight is 189 g/mol. The SMILES string of the molecule is C[C@@H]1O[C@H](O)[C@H](N=[N+]=[N-])[C@H](O)[C@H]1O. The Morgan fingerprint density at radius 3 is 2.46 bits per heavy atom. The number of aliphatic hydroxyl groups is 3. The van der Waals surface area contributed by atoms with Crippen molar-refractivity contribution in [1.29, 1.82) is 0 Å². The van der Waals surface area contributed by atoms with Gasteiger partial charge in [0.2, 0.25) is 0 Å². The molecule has 3 N–H and O–H groups in total. The zero-order chi connectivity index (χ0) is 10.0. The van der Waals surface area contributed by atoms with E-state index in [4.69, 9.17) is 10.3 Å². The number of hydrogen-bond acceptors (Lipinski definition) is 5. The third-order valence-corrected chi connectivity index (χ3v) is 2.01. The van der Waals surface area contributed by atoms with Crippen LogP contribution in [-0.4, -0.2) is 46.0 Å². The fourth-order valence-electron chi connectivity index (χ4n) is 1.21. The first-order valence-corrected chi connectivity index (χ1v) is 3.81.